The molecule has 0 aliphatic rings. The van der Waals surface area contributed by atoms with E-state index < -0.39 is 0 Å². The Morgan fingerprint density at radius 2 is 1.88 bits per heavy atom. The molecule has 0 radical (unpaired) electrons. The van der Waals surface area contributed by atoms with Gasteiger partial charge in [0.25, 0.3) is 0 Å². The van der Waals surface area contributed by atoms with E-state index in [9.17, 15) is 0 Å². The SMILES string of the molecule is Clc1cccc(COc2ccc(I)cc2)n1. The molecule has 2 rings (SSSR count). The first-order valence-electron chi connectivity index (χ1n) is 4.74. The van der Waals surface area contributed by atoms with E-state index in [2.05, 4.69) is 27.6 Å². The van der Waals surface area contributed by atoms with Crippen molar-refractivity contribution in [3.05, 3.63) is 56.9 Å². The molecule has 2 aromatic rings. The van der Waals surface area contributed by atoms with Gasteiger partial charge < -0.3 is 4.74 Å². The topological polar surface area (TPSA) is 22.1 Å². The molecule has 0 spiro atoms. The lowest BCUT2D eigenvalue weighted by atomic mass is 10.3. The average molecular weight is 346 g/mol. The van der Waals surface area contributed by atoms with Gasteiger partial charge in [0.1, 0.15) is 17.5 Å². The number of halogens is 2. The molecule has 1 aromatic heterocycles. The number of hydrogen-bond acceptors (Lipinski definition) is 2. The Balaban J connectivity index is 1.99. The van der Waals surface area contributed by atoms with Crippen molar-refractivity contribution in [2.24, 2.45) is 0 Å². The summed E-state index contributed by atoms with van der Waals surface area (Å²) in [6.45, 7) is 0.432. The van der Waals surface area contributed by atoms with E-state index in [4.69, 9.17) is 16.3 Å². The Morgan fingerprint density at radius 1 is 1.12 bits per heavy atom. The lowest BCUT2D eigenvalue weighted by Gasteiger charge is -2.05. The Bertz CT molecular complexity index is 473. The summed E-state index contributed by atoms with van der Waals surface area (Å²) in [7, 11) is 0. The fraction of sp³-hybridized carbons (Fsp3) is 0.0833. The summed E-state index contributed by atoms with van der Waals surface area (Å²) in [5.41, 5.74) is 0.825. The normalized spacial score (nSPS) is 10.1. The summed E-state index contributed by atoms with van der Waals surface area (Å²) >= 11 is 8.04. The minimum Gasteiger partial charge on any atom is -0.487 e. The van der Waals surface area contributed by atoms with Gasteiger partial charge in [0.2, 0.25) is 0 Å². The third-order valence-corrected chi connectivity index (χ3v) is 2.90. The average Bonchev–Trinajstić information content (AvgIpc) is 2.28. The van der Waals surface area contributed by atoms with Crippen LogP contribution in [0.3, 0.4) is 0 Å². The van der Waals surface area contributed by atoms with Crippen LogP contribution in [0.5, 0.6) is 5.75 Å². The minimum absolute atomic E-state index is 0.432. The molecule has 0 atom stereocenters. The first kappa shape index (κ1) is 11.7. The van der Waals surface area contributed by atoms with Gasteiger partial charge in [-0.15, -0.1) is 0 Å². The van der Waals surface area contributed by atoms with Crippen molar-refractivity contribution < 1.29 is 4.74 Å². The first-order chi connectivity index (χ1) is 7.74. The molecular weight excluding hydrogens is 336 g/mol. The Labute approximate surface area is 113 Å². The molecule has 2 nitrogen and oxygen atoms in total. The van der Waals surface area contributed by atoms with Crippen LogP contribution in [0.25, 0.3) is 0 Å². The molecule has 0 saturated heterocycles. The number of benzene rings is 1. The van der Waals surface area contributed by atoms with Crippen molar-refractivity contribution in [2.75, 3.05) is 0 Å². The highest BCUT2D eigenvalue weighted by atomic mass is 127. The molecule has 0 saturated carbocycles. The molecule has 0 aliphatic heterocycles. The molecular formula is C12H9ClINO. The fourth-order valence-electron chi connectivity index (χ4n) is 1.22. The molecule has 0 bridgehead atoms. The number of rotatable bonds is 3. The smallest absolute Gasteiger partial charge is 0.130 e. The van der Waals surface area contributed by atoms with E-state index in [0.29, 0.717) is 11.8 Å². The molecule has 0 aliphatic carbocycles. The predicted octanol–water partition coefficient (Wildman–Crippen LogP) is 3.92. The molecule has 0 amide bonds. The van der Waals surface area contributed by atoms with Crippen LogP contribution < -0.4 is 4.74 Å². The van der Waals surface area contributed by atoms with Gasteiger partial charge in [-0.2, -0.15) is 0 Å². The second kappa shape index (κ2) is 5.50. The lowest BCUT2D eigenvalue weighted by molar-refractivity contribution is 0.301. The Hall–Kier alpha value is -0.810. The standard InChI is InChI=1S/C12H9ClINO/c13-12-3-1-2-10(15-12)8-16-11-6-4-9(14)5-7-11/h1-7H,8H2. The van der Waals surface area contributed by atoms with Crippen LogP contribution in [-0.4, -0.2) is 4.98 Å². The molecule has 0 unspecified atom stereocenters. The van der Waals surface area contributed by atoms with Crippen LogP contribution >= 0.6 is 34.2 Å². The largest absolute Gasteiger partial charge is 0.487 e. The zero-order valence-corrected chi connectivity index (χ0v) is 11.3. The van der Waals surface area contributed by atoms with Crippen molar-refractivity contribution in [3.8, 4) is 5.75 Å². The van der Waals surface area contributed by atoms with Crippen molar-refractivity contribution in [1.29, 1.82) is 0 Å². The van der Waals surface area contributed by atoms with Gasteiger partial charge in [0.15, 0.2) is 0 Å². The third kappa shape index (κ3) is 3.35. The van der Waals surface area contributed by atoms with Gasteiger partial charge in [-0.3, -0.25) is 0 Å². The van der Waals surface area contributed by atoms with E-state index in [0.717, 1.165) is 11.4 Å². The zero-order chi connectivity index (χ0) is 11.4. The third-order valence-electron chi connectivity index (χ3n) is 1.97. The summed E-state index contributed by atoms with van der Waals surface area (Å²) in [5.74, 6) is 0.835. The van der Waals surface area contributed by atoms with E-state index >= 15 is 0 Å². The number of pyridine rings is 1. The summed E-state index contributed by atoms with van der Waals surface area (Å²) in [5, 5.41) is 0.490. The summed E-state index contributed by atoms with van der Waals surface area (Å²) in [4.78, 5) is 4.14. The molecule has 0 fully saturated rings. The minimum atomic E-state index is 0.432. The van der Waals surface area contributed by atoms with Crippen LogP contribution in [-0.2, 0) is 6.61 Å². The van der Waals surface area contributed by atoms with Gasteiger partial charge in [-0.25, -0.2) is 4.98 Å². The van der Waals surface area contributed by atoms with Gasteiger partial charge in [-0.1, -0.05) is 17.7 Å². The van der Waals surface area contributed by atoms with Crippen LogP contribution in [0.1, 0.15) is 5.69 Å². The van der Waals surface area contributed by atoms with Gasteiger partial charge in [0, 0.05) is 3.57 Å². The van der Waals surface area contributed by atoms with Crippen molar-refractivity contribution >= 4 is 34.2 Å². The maximum absolute atomic E-state index is 5.78. The number of aromatic nitrogens is 1. The monoisotopic (exact) mass is 345 g/mol. The van der Waals surface area contributed by atoms with E-state index in [1.54, 1.807) is 6.07 Å². The van der Waals surface area contributed by atoms with Crippen molar-refractivity contribution in [2.45, 2.75) is 6.61 Å². The quantitative estimate of drug-likeness (QED) is 0.621. The molecule has 1 aromatic carbocycles. The van der Waals surface area contributed by atoms with E-state index in [-0.39, 0.29) is 0 Å². The Kier molecular flexibility index (Phi) is 4.01. The molecule has 16 heavy (non-hydrogen) atoms. The van der Waals surface area contributed by atoms with Gasteiger partial charge in [0.05, 0.1) is 5.69 Å². The number of nitrogens with zero attached hydrogens (tertiary/aromatic N) is 1. The lowest BCUT2D eigenvalue weighted by Crippen LogP contribution is -1.97. The van der Waals surface area contributed by atoms with Crippen LogP contribution in [0.2, 0.25) is 5.15 Å². The van der Waals surface area contributed by atoms with E-state index in [1.165, 1.54) is 3.57 Å². The first-order valence-corrected chi connectivity index (χ1v) is 6.19. The summed E-state index contributed by atoms with van der Waals surface area (Å²) < 4.78 is 6.76. The van der Waals surface area contributed by atoms with Gasteiger partial charge in [-0.05, 0) is 59.0 Å². The highest BCUT2D eigenvalue weighted by molar-refractivity contribution is 14.1. The maximum atomic E-state index is 5.78. The van der Waals surface area contributed by atoms with Crippen molar-refractivity contribution in [3.63, 3.8) is 0 Å². The fourth-order valence-corrected chi connectivity index (χ4v) is 1.76. The summed E-state index contributed by atoms with van der Waals surface area (Å²) in [6.07, 6.45) is 0. The van der Waals surface area contributed by atoms with E-state index in [1.807, 2.05) is 36.4 Å². The molecule has 0 N–H and O–H groups in total. The highest BCUT2D eigenvalue weighted by Gasteiger charge is 1.98. The second-order valence-electron chi connectivity index (χ2n) is 3.19. The van der Waals surface area contributed by atoms with Gasteiger partial charge >= 0.3 is 0 Å². The maximum Gasteiger partial charge on any atom is 0.130 e. The second-order valence-corrected chi connectivity index (χ2v) is 4.83. The van der Waals surface area contributed by atoms with Crippen LogP contribution in [0.15, 0.2) is 42.5 Å². The molecule has 4 heteroatoms. The van der Waals surface area contributed by atoms with Crippen LogP contribution in [0.4, 0.5) is 0 Å². The number of ether oxygens (including phenoxy) is 1. The zero-order valence-electron chi connectivity index (χ0n) is 8.36. The predicted molar refractivity (Wildman–Crippen MR) is 72.7 cm³/mol. The molecule has 1 heterocycles. The summed E-state index contributed by atoms with van der Waals surface area (Å²) in [6, 6.07) is 13.4. The van der Waals surface area contributed by atoms with Crippen LogP contribution in [0, 0.1) is 3.57 Å². The number of hydrogen-bond donors (Lipinski definition) is 0. The molecule has 82 valence electrons. The Morgan fingerprint density at radius 3 is 2.56 bits per heavy atom. The van der Waals surface area contributed by atoms with Crippen molar-refractivity contribution in [1.82, 2.24) is 4.98 Å². The highest BCUT2D eigenvalue weighted by Crippen LogP contribution is 2.15.